The fourth-order valence-corrected chi connectivity index (χ4v) is 5.52. The third-order valence-electron chi connectivity index (χ3n) is 7.45. The normalized spacial score (nSPS) is 34.9. The molecule has 0 spiro atoms. The number of hydrogen-bond acceptors (Lipinski definition) is 16. The smallest absolute Gasteiger partial charge is 0.181 e. The van der Waals surface area contributed by atoms with Crippen molar-refractivity contribution in [3.8, 4) is 0 Å². The zero-order chi connectivity index (χ0) is 27.7. The summed E-state index contributed by atoms with van der Waals surface area (Å²) in [6.45, 7) is -1.36. The molecule has 6 rings (SSSR count). The molecule has 18 heteroatoms. The molecule has 0 bridgehead atoms. The van der Waals surface area contributed by atoms with Gasteiger partial charge in [-0.25, -0.2) is 29.9 Å². The van der Waals surface area contributed by atoms with Crippen molar-refractivity contribution in [1.82, 2.24) is 39.0 Å². The molecule has 8 atom stereocenters. The van der Waals surface area contributed by atoms with Gasteiger partial charge >= 0.3 is 0 Å². The van der Waals surface area contributed by atoms with Gasteiger partial charge in [0.15, 0.2) is 34.4 Å². The van der Waals surface area contributed by atoms with Crippen LogP contribution in [0.2, 0.25) is 0 Å². The summed E-state index contributed by atoms with van der Waals surface area (Å²) in [5.41, 5.74) is 8.31. The molecule has 0 radical (unpaired) electrons. The molecular weight excluding hydrogens is 520 g/mol. The van der Waals surface area contributed by atoms with Crippen LogP contribution < -0.4 is 11.5 Å². The molecule has 2 fully saturated rings. The third kappa shape index (κ3) is 3.44. The first-order chi connectivity index (χ1) is 18.7. The first kappa shape index (κ1) is 25.6. The first-order valence-corrected chi connectivity index (χ1v) is 11.9. The average molecular weight is 547 g/mol. The molecule has 10 N–H and O–H groups in total. The van der Waals surface area contributed by atoms with E-state index in [2.05, 4.69) is 29.9 Å². The van der Waals surface area contributed by atoms with Crippen molar-refractivity contribution in [2.75, 3.05) is 24.7 Å². The second-order valence-electron chi connectivity index (χ2n) is 9.51. The van der Waals surface area contributed by atoms with Gasteiger partial charge in [0, 0.05) is 6.42 Å². The zero-order valence-corrected chi connectivity index (χ0v) is 20.1. The van der Waals surface area contributed by atoms with Gasteiger partial charge in [0.05, 0.1) is 25.9 Å². The number of nitrogens with zero attached hydrogens (tertiary/aromatic N) is 8. The molecule has 0 aliphatic carbocycles. The first-order valence-electron chi connectivity index (χ1n) is 11.9. The monoisotopic (exact) mass is 546 g/mol. The van der Waals surface area contributed by atoms with Gasteiger partial charge in [-0.15, -0.1) is 0 Å². The maximum absolute atomic E-state index is 11.5. The molecule has 2 saturated heterocycles. The summed E-state index contributed by atoms with van der Waals surface area (Å²) < 4.78 is 14.8. The van der Waals surface area contributed by atoms with Crippen molar-refractivity contribution in [2.45, 2.75) is 54.5 Å². The summed E-state index contributed by atoms with van der Waals surface area (Å²) in [4.78, 5) is 24.7. The van der Waals surface area contributed by atoms with E-state index in [0.717, 1.165) is 12.7 Å². The highest BCUT2D eigenvalue weighted by Gasteiger charge is 2.65. The second kappa shape index (κ2) is 8.96. The Bertz CT molecular complexity index is 1420. The number of rotatable bonds is 6. The lowest BCUT2D eigenvalue weighted by atomic mass is 9.88. The Kier molecular flexibility index (Phi) is 5.89. The van der Waals surface area contributed by atoms with E-state index in [9.17, 15) is 30.6 Å². The fraction of sp³-hybridized carbons (Fsp3) is 0.524. The van der Waals surface area contributed by atoms with Crippen LogP contribution in [0.4, 0.5) is 11.6 Å². The van der Waals surface area contributed by atoms with Gasteiger partial charge in [-0.3, -0.25) is 9.13 Å². The molecule has 18 nitrogen and oxygen atoms in total. The molecule has 6 heterocycles. The van der Waals surface area contributed by atoms with E-state index in [1.54, 1.807) is 0 Å². The van der Waals surface area contributed by atoms with E-state index in [4.69, 9.17) is 20.9 Å². The van der Waals surface area contributed by atoms with Crippen LogP contribution >= 0.6 is 0 Å². The van der Waals surface area contributed by atoms with Gasteiger partial charge in [-0.1, -0.05) is 0 Å². The quantitative estimate of drug-likeness (QED) is 0.114. The minimum atomic E-state index is -2.05. The molecule has 0 amide bonds. The lowest BCUT2D eigenvalue weighted by Crippen LogP contribution is -2.56. The number of anilines is 2. The average Bonchev–Trinajstić information content (AvgIpc) is 3.68. The van der Waals surface area contributed by atoms with Gasteiger partial charge in [0.25, 0.3) is 0 Å². The zero-order valence-electron chi connectivity index (χ0n) is 20.1. The Morgan fingerprint density at radius 1 is 0.692 bits per heavy atom. The third-order valence-corrected chi connectivity index (χ3v) is 7.45. The van der Waals surface area contributed by atoms with Crippen molar-refractivity contribution >= 4 is 34.0 Å². The minimum Gasteiger partial charge on any atom is -0.394 e. The van der Waals surface area contributed by atoms with Gasteiger partial charge in [-0.2, -0.15) is 0 Å². The Balaban J connectivity index is 1.61. The number of nitrogens with two attached hydrogens (primary N) is 2. The van der Waals surface area contributed by atoms with Gasteiger partial charge in [0.1, 0.15) is 60.3 Å². The Labute approximate surface area is 218 Å². The lowest BCUT2D eigenvalue weighted by Gasteiger charge is -2.43. The van der Waals surface area contributed by atoms with Crippen LogP contribution in [0.25, 0.3) is 22.3 Å². The van der Waals surface area contributed by atoms with Crippen molar-refractivity contribution in [1.29, 1.82) is 0 Å². The summed E-state index contributed by atoms with van der Waals surface area (Å²) in [5, 5.41) is 64.5. The molecule has 2 aliphatic rings. The summed E-state index contributed by atoms with van der Waals surface area (Å²) in [7, 11) is 0. The van der Waals surface area contributed by atoms with E-state index in [1.807, 2.05) is 0 Å². The van der Waals surface area contributed by atoms with Crippen LogP contribution in [-0.4, -0.2) is 120 Å². The van der Waals surface area contributed by atoms with E-state index in [0.29, 0.717) is 0 Å². The highest BCUT2D eigenvalue weighted by Crippen LogP contribution is 2.50. The second-order valence-corrected chi connectivity index (χ2v) is 9.51. The van der Waals surface area contributed by atoms with E-state index < -0.39 is 67.7 Å². The summed E-state index contributed by atoms with van der Waals surface area (Å²) in [6.07, 6.45) is -5.09. The van der Waals surface area contributed by atoms with Crippen molar-refractivity contribution in [3.05, 3.63) is 25.3 Å². The molecule has 4 aromatic rings. The number of nitrogen functional groups attached to an aromatic ring is 2. The Morgan fingerprint density at radius 2 is 1.10 bits per heavy atom. The van der Waals surface area contributed by atoms with E-state index >= 15 is 0 Å². The summed E-state index contributed by atoms with van der Waals surface area (Å²) in [6, 6.07) is 0. The molecule has 208 valence electrons. The van der Waals surface area contributed by atoms with Gasteiger partial charge in [0.2, 0.25) is 0 Å². The van der Waals surface area contributed by atoms with E-state index in [-0.39, 0.29) is 34.0 Å². The standard InChI is InChI=1S/C21H26N10O8/c22-16-10-18(26-4-24-16)30(6-28-10)20(14(36)12(34)8(1-32)38-20)3-21(15(37)13(35)9(2-33)39-21)31-7-29-11-17(23)25-5-27-19(11)31/h4-9,12-15,32-37H,1-3H2,(H2,22,24,26)(H2,23,25,27)/t8-,9-,12-,13-,14-,15-,20-,21-/m1/s1. The minimum absolute atomic E-state index is 0.0241. The number of aliphatic hydroxyl groups is 6. The predicted octanol–water partition coefficient (Wildman–Crippen LogP) is -4.25. The van der Waals surface area contributed by atoms with Crippen LogP contribution in [0, 0.1) is 0 Å². The summed E-state index contributed by atoms with van der Waals surface area (Å²) >= 11 is 0. The number of ether oxygens (including phenoxy) is 2. The Morgan fingerprint density at radius 3 is 1.46 bits per heavy atom. The van der Waals surface area contributed by atoms with Crippen molar-refractivity contribution in [3.63, 3.8) is 0 Å². The number of hydrogen-bond donors (Lipinski definition) is 8. The predicted molar refractivity (Wildman–Crippen MR) is 128 cm³/mol. The van der Waals surface area contributed by atoms with Crippen molar-refractivity contribution in [2.24, 2.45) is 0 Å². The molecule has 4 aromatic heterocycles. The highest BCUT2D eigenvalue weighted by atomic mass is 16.6. The maximum atomic E-state index is 11.5. The van der Waals surface area contributed by atoms with Crippen LogP contribution in [0.5, 0.6) is 0 Å². The summed E-state index contributed by atoms with van der Waals surface area (Å²) in [5.74, 6) is 0.0482. The van der Waals surface area contributed by atoms with E-state index in [1.165, 1.54) is 21.8 Å². The topological polar surface area (TPSA) is 279 Å². The van der Waals surface area contributed by atoms with Crippen LogP contribution in [0.15, 0.2) is 25.3 Å². The Hall–Kier alpha value is -3.62. The lowest BCUT2D eigenvalue weighted by molar-refractivity contribution is -0.231. The number of imidazole rings is 2. The van der Waals surface area contributed by atoms with Gasteiger partial charge < -0.3 is 51.6 Å². The van der Waals surface area contributed by atoms with Crippen LogP contribution in [0.3, 0.4) is 0 Å². The number of aromatic nitrogens is 8. The van der Waals surface area contributed by atoms with Crippen LogP contribution in [-0.2, 0) is 20.9 Å². The largest absolute Gasteiger partial charge is 0.394 e. The SMILES string of the molecule is Nc1ncnc2c1ncn2[C@]1(C[C@@]2(n3cnc4c(N)ncnc43)O[C@H](CO)[C@@H](O)[C@H]2O)O[C@H](CO)[C@@H](O)[C@H]1O. The fourth-order valence-electron chi connectivity index (χ4n) is 5.52. The highest BCUT2D eigenvalue weighted by molar-refractivity contribution is 5.82. The molecule has 0 unspecified atom stereocenters. The molecule has 0 aromatic carbocycles. The van der Waals surface area contributed by atoms with Gasteiger partial charge in [-0.05, 0) is 0 Å². The molecule has 39 heavy (non-hydrogen) atoms. The number of fused-ring (bicyclic) bond motifs is 2. The molecule has 0 saturated carbocycles. The van der Waals surface area contributed by atoms with Crippen LogP contribution in [0.1, 0.15) is 6.42 Å². The maximum Gasteiger partial charge on any atom is 0.181 e. The molecule has 2 aliphatic heterocycles. The number of aliphatic hydroxyl groups excluding tert-OH is 6. The van der Waals surface area contributed by atoms with Crippen molar-refractivity contribution < 1.29 is 40.1 Å². The molecular formula is C21H26N10O8.